The van der Waals surface area contributed by atoms with Crippen molar-refractivity contribution in [1.29, 1.82) is 0 Å². The zero-order valence-corrected chi connectivity index (χ0v) is 5.74. The van der Waals surface area contributed by atoms with Crippen molar-refractivity contribution in [2.24, 2.45) is 16.7 Å². The van der Waals surface area contributed by atoms with E-state index in [0.29, 0.717) is 5.84 Å². The molecule has 0 atom stereocenters. The topological polar surface area (TPSA) is 64.4 Å². The quantitative estimate of drug-likeness (QED) is 0.246. The summed E-state index contributed by atoms with van der Waals surface area (Å²) in [5.74, 6) is 7.17. The minimum Gasteiger partial charge on any atom is -0.385 e. The number of nitrogens with two attached hydrogens (primary N) is 2. The molecule has 0 radical (unpaired) electrons. The molecule has 0 spiro atoms. The highest BCUT2D eigenvalue weighted by atomic mass is 32.2. The van der Waals surface area contributed by atoms with Gasteiger partial charge in [-0.2, -0.15) is 16.9 Å². The molecule has 0 aromatic rings. The van der Waals surface area contributed by atoms with Gasteiger partial charge in [0.05, 0.1) is 5.75 Å². The highest BCUT2D eigenvalue weighted by Gasteiger charge is 1.87. The van der Waals surface area contributed by atoms with E-state index in [1.54, 1.807) is 11.8 Å². The Balaban J connectivity index is 3.12. The van der Waals surface area contributed by atoms with Crippen molar-refractivity contribution < 1.29 is 0 Å². The summed E-state index contributed by atoms with van der Waals surface area (Å²) in [7, 11) is 0. The van der Waals surface area contributed by atoms with Gasteiger partial charge in [-0.15, -0.1) is 0 Å². The fourth-order valence-corrected chi connectivity index (χ4v) is 0.732. The van der Waals surface area contributed by atoms with E-state index in [9.17, 15) is 0 Å². The average Bonchev–Trinajstić information content (AvgIpc) is 1.83. The Bertz CT molecular complexity index is 81.4. The fourth-order valence-electron chi connectivity index (χ4n) is 0.244. The third kappa shape index (κ3) is 3.80. The van der Waals surface area contributed by atoms with Crippen LogP contribution in [0.2, 0.25) is 0 Å². The van der Waals surface area contributed by atoms with E-state index < -0.39 is 0 Å². The summed E-state index contributed by atoms with van der Waals surface area (Å²) in [6.07, 6.45) is 0. The van der Waals surface area contributed by atoms with Crippen LogP contribution in [0, 0.1) is 0 Å². The van der Waals surface area contributed by atoms with Gasteiger partial charge in [-0.3, -0.25) is 0 Å². The van der Waals surface area contributed by atoms with E-state index in [1.807, 2.05) is 0 Å². The molecule has 3 nitrogen and oxygen atoms in total. The lowest BCUT2D eigenvalue weighted by Gasteiger charge is -1.93. The lowest BCUT2D eigenvalue weighted by atomic mass is 10.7. The van der Waals surface area contributed by atoms with Crippen molar-refractivity contribution in [3.8, 4) is 0 Å². The minimum atomic E-state index is 0.511. The van der Waals surface area contributed by atoms with Crippen LogP contribution in [0.3, 0.4) is 0 Å². The van der Waals surface area contributed by atoms with E-state index >= 15 is 0 Å². The first kappa shape index (κ1) is 7.62. The molecule has 0 rings (SSSR count). The SMILES string of the molecule is CCSC/C(N)=N/N. The van der Waals surface area contributed by atoms with Crippen LogP contribution >= 0.6 is 11.8 Å². The standard InChI is InChI=1S/C4H11N3S/c1-2-8-3-4(5)7-6/h2-3,6H2,1H3,(H2,5,7). The highest BCUT2D eigenvalue weighted by molar-refractivity contribution is 7.99. The van der Waals surface area contributed by atoms with Crippen molar-refractivity contribution in [2.45, 2.75) is 6.92 Å². The molecule has 0 aliphatic heterocycles. The molecule has 48 valence electrons. The normalized spacial score (nSPS) is 11.9. The molecule has 4 heteroatoms. The van der Waals surface area contributed by atoms with Crippen molar-refractivity contribution in [1.82, 2.24) is 0 Å². The van der Waals surface area contributed by atoms with Crippen molar-refractivity contribution in [2.75, 3.05) is 11.5 Å². The zero-order valence-electron chi connectivity index (χ0n) is 4.92. The van der Waals surface area contributed by atoms with Gasteiger partial charge < -0.3 is 11.6 Å². The second kappa shape index (κ2) is 4.77. The van der Waals surface area contributed by atoms with Crippen molar-refractivity contribution >= 4 is 17.6 Å². The van der Waals surface area contributed by atoms with Crippen LogP contribution in [0.1, 0.15) is 6.92 Å². The number of rotatable bonds is 3. The molecule has 0 unspecified atom stereocenters. The van der Waals surface area contributed by atoms with Crippen LogP contribution in [0.15, 0.2) is 5.10 Å². The van der Waals surface area contributed by atoms with E-state index in [-0.39, 0.29) is 0 Å². The first-order valence-corrected chi connectivity index (χ1v) is 3.56. The zero-order chi connectivity index (χ0) is 6.41. The molecule has 0 aromatic carbocycles. The lowest BCUT2D eigenvalue weighted by Crippen LogP contribution is -2.16. The van der Waals surface area contributed by atoms with Gasteiger partial charge in [0, 0.05) is 0 Å². The van der Waals surface area contributed by atoms with Gasteiger partial charge in [0.1, 0.15) is 5.84 Å². The molecule has 0 heterocycles. The summed E-state index contributed by atoms with van der Waals surface area (Å²) in [5, 5.41) is 3.30. The highest BCUT2D eigenvalue weighted by Crippen LogP contribution is 1.95. The molecule has 0 aliphatic rings. The van der Waals surface area contributed by atoms with E-state index in [0.717, 1.165) is 11.5 Å². The molecule has 0 bridgehead atoms. The Labute approximate surface area is 53.5 Å². The summed E-state index contributed by atoms with van der Waals surface area (Å²) in [4.78, 5) is 0. The maximum Gasteiger partial charge on any atom is 0.129 e. The number of hydrogen-bond acceptors (Lipinski definition) is 3. The van der Waals surface area contributed by atoms with Gasteiger partial charge in [-0.1, -0.05) is 6.92 Å². The number of thioether (sulfide) groups is 1. The molecule has 0 amide bonds. The van der Waals surface area contributed by atoms with E-state index in [1.165, 1.54) is 0 Å². The third-order valence-electron chi connectivity index (χ3n) is 0.620. The van der Waals surface area contributed by atoms with Gasteiger partial charge in [0.25, 0.3) is 0 Å². The predicted molar refractivity (Wildman–Crippen MR) is 38.8 cm³/mol. The molecule has 0 saturated heterocycles. The van der Waals surface area contributed by atoms with Crippen LogP contribution in [-0.4, -0.2) is 17.3 Å². The molecule has 4 N–H and O–H groups in total. The molecular formula is C4H11N3S. The first-order valence-electron chi connectivity index (χ1n) is 2.41. The van der Waals surface area contributed by atoms with Crippen LogP contribution in [-0.2, 0) is 0 Å². The summed E-state index contributed by atoms with van der Waals surface area (Å²) in [6, 6.07) is 0. The molecule has 0 saturated carbocycles. The monoisotopic (exact) mass is 133 g/mol. The van der Waals surface area contributed by atoms with Crippen LogP contribution in [0.5, 0.6) is 0 Å². The number of amidine groups is 1. The molecular weight excluding hydrogens is 122 g/mol. The minimum absolute atomic E-state index is 0.511. The lowest BCUT2D eigenvalue weighted by molar-refractivity contribution is 1.22. The average molecular weight is 133 g/mol. The van der Waals surface area contributed by atoms with E-state index in [2.05, 4.69) is 12.0 Å². The number of hydrazone groups is 1. The number of nitrogens with zero attached hydrogens (tertiary/aromatic N) is 1. The molecule has 0 aliphatic carbocycles. The Morgan fingerprint density at radius 2 is 2.38 bits per heavy atom. The molecule has 0 aromatic heterocycles. The van der Waals surface area contributed by atoms with Crippen LogP contribution < -0.4 is 11.6 Å². The Morgan fingerprint density at radius 1 is 1.75 bits per heavy atom. The predicted octanol–water partition coefficient (Wildman–Crippen LogP) is -0.0296. The van der Waals surface area contributed by atoms with Gasteiger partial charge in [-0.25, -0.2) is 0 Å². The first-order chi connectivity index (χ1) is 3.81. The maximum atomic E-state index is 5.26. The second-order valence-corrected chi connectivity index (χ2v) is 2.53. The summed E-state index contributed by atoms with van der Waals surface area (Å²) in [5.41, 5.74) is 5.26. The van der Waals surface area contributed by atoms with Gasteiger partial charge >= 0.3 is 0 Å². The summed E-state index contributed by atoms with van der Waals surface area (Å²) >= 11 is 1.70. The largest absolute Gasteiger partial charge is 0.385 e. The second-order valence-electron chi connectivity index (χ2n) is 1.26. The maximum absolute atomic E-state index is 5.26. The van der Waals surface area contributed by atoms with Crippen molar-refractivity contribution in [3.05, 3.63) is 0 Å². The molecule has 0 fully saturated rings. The van der Waals surface area contributed by atoms with Crippen LogP contribution in [0.4, 0.5) is 0 Å². The third-order valence-corrected chi connectivity index (χ3v) is 1.53. The van der Waals surface area contributed by atoms with Gasteiger partial charge in [0.2, 0.25) is 0 Å². The van der Waals surface area contributed by atoms with Gasteiger partial charge in [0.15, 0.2) is 0 Å². The van der Waals surface area contributed by atoms with Crippen molar-refractivity contribution in [3.63, 3.8) is 0 Å². The fraction of sp³-hybridized carbons (Fsp3) is 0.750. The van der Waals surface area contributed by atoms with Crippen LogP contribution in [0.25, 0.3) is 0 Å². The van der Waals surface area contributed by atoms with E-state index in [4.69, 9.17) is 11.6 Å². The Morgan fingerprint density at radius 3 is 2.75 bits per heavy atom. The Kier molecular flexibility index (Phi) is 4.54. The number of hydrogen-bond donors (Lipinski definition) is 2. The summed E-state index contributed by atoms with van der Waals surface area (Å²) in [6.45, 7) is 2.06. The van der Waals surface area contributed by atoms with Gasteiger partial charge in [-0.05, 0) is 5.75 Å². The summed E-state index contributed by atoms with van der Waals surface area (Å²) < 4.78 is 0. The smallest absolute Gasteiger partial charge is 0.129 e. The Hall–Kier alpha value is -0.380. The molecule has 8 heavy (non-hydrogen) atoms.